The minimum absolute atomic E-state index is 0.0387. The molecule has 9 rings (SSSR count). The third-order valence-corrected chi connectivity index (χ3v) is 16.1. The van der Waals surface area contributed by atoms with Crippen molar-refractivity contribution in [1.29, 1.82) is 0 Å². The highest BCUT2D eigenvalue weighted by Gasteiger charge is 2.56. The van der Waals surface area contributed by atoms with Gasteiger partial charge in [0, 0.05) is 87.3 Å². The van der Waals surface area contributed by atoms with Crippen LogP contribution in [0, 0.1) is 11.8 Å². The van der Waals surface area contributed by atoms with Gasteiger partial charge in [-0.25, -0.2) is 0 Å². The van der Waals surface area contributed by atoms with E-state index in [4.69, 9.17) is 23.7 Å². The number of carbonyl (C=O) groups excluding carboxylic acids is 6. The number of rotatable bonds is 13. The molecule has 21 heteroatoms. The van der Waals surface area contributed by atoms with Crippen molar-refractivity contribution in [2.24, 2.45) is 11.8 Å². The second-order valence-corrected chi connectivity index (χ2v) is 20.0. The van der Waals surface area contributed by atoms with Crippen LogP contribution in [0.5, 0.6) is 17.2 Å². The molecule has 1 saturated carbocycles. The monoisotopic (exact) mass is 965 g/mol. The number of methoxy groups -OCH3 is 2. The zero-order chi connectivity index (χ0) is 48.5. The number of imide groups is 1. The number of likely N-dealkylation sites (tertiary alicyclic amines) is 1. The number of phenolic OH excluding ortho intramolecular Hbond substituents is 2. The summed E-state index contributed by atoms with van der Waals surface area (Å²) in [5, 5.41) is 54.1. The summed E-state index contributed by atoms with van der Waals surface area (Å²) in [4.78, 5) is 97.4. The number of aliphatic carboxylic acids is 1. The Bertz CT molecular complexity index is 2440. The van der Waals surface area contributed by atoms with Crippen molar-refractivity contribution >= 4 is 52.8 Å². The number of carboxylic acid groups (broad SMARTS) is 1. The molecule has 9 atom stereocenters. The number of aliphatic hydroxyl groups excluding tert-OH is 1. The first-order chi connectivity index (χ1) is 32.5. The molecule has 7 aliphatic rings. The van der Waals surface area contributed by atoms with Crippen LogP contribution in [-0.4, -0.2) is 175 Å². The highest BCUT2D eigenvalue weighted by Crippen LogP contribution is 2.53. The molecule has 2 aromatic rings. The second-order valence-electron chi connectivity index (χ2n) is 18.7. The van der Waals surface area contributed by atoms with Crippen molar-refractivity contribution in [3.63, 3.8) is 0 Å². The molecule has 3 aliphatic carbocycles. The molecular formula is C47H55N3O17S. The molecule has 4 heterocycles. The van der Waals surface area contributed by atoms with Crippen LogP contribution >= 0.6 is 11.8 Å². The summed E-state index contributed by atoms with van der Waals surface area (Å²) in [6.07, 6.45) is -3.77. The second kappa shape index (κ2) is 18.7. The number of hydrogen-bond acceptors (Lipinski definition) is 18. The highest BCUT2D eigenvalue weighted by molar-refractivity contribution is 8.00. The van der Waals surface area contributed by atoms with Crippen molar-refractivity contribution in [1.82, 2.24) is 14.7 Å². The summed E-state index contributed by atoms with van der Waals surface area (Å²) in [6, 6.07) is 4.00. The number of ether oxygens (including phenoxy) is 5. The molecule has 0 aromatic heterocycles. The van der Waals surface area contributed by atoms with Gasteiger partial charge in [0.1, 0.15) is 35.6 Å². The number of piperazine rings is 1. The summed E-state index contributed by atoms with van der Waals surface area (Å²) >= 11 is 1.26. The van der Waals surface area contributed by atoms with Gasteiger partial charge in [-0.05, 0) is 44.6 Å². The lowest BCUT2D eigenvalue weighted by Crippen LogP contribution is -2.62. The molecule has 20 nitrogen and oxygen atoms in total. The van der Waals surface area contributed by atoms with E-state index in [0.717, 1.165) is 0 Å². The molecule has 68 heavy (non-hydrogen) atoms. The van der Waals surface area contributed by atoms with Crippen LogP contribution in [0.15, 0.2) is 18.2 Å². The van der Waals surface area contributed by atoms with E-state index in [1.165, 1.54) is 49.1 Å². The molecule has 0 radical (unpaired) electrons. The molecule has 0 spiro atoms. The van der Waals surface area contributed by atoms with Gasteiger partial charge < -0.3 is 54.1 Å². The van der Waals surface area contributed by atoms with Crippen LogP contribution in [0.25, 0.3) is 0 Å². The van der Waals surface area contributed by atoms with Crippen LogP contribution in [0.2, 0.25) is 0 Å². The van der Waals surface area contributed by atoms with Crippen LogP contribution in [0.4, 0.5) is 0 Å². The van der Waals surface area contributed by atoms with Gasteiger partial charge in [-0.2, -0.15) is 0 Å². The summed E-state index contributed by atoms with van der Waals surface area (Å²) in [5.74, 6) is -5.56. The molecular weight excluding hydrogens is 911 g/mol. The number of aliphatic hydroxyl groups is 2. The van der Waals surface area contributed by atoms with Gasteiger partial charge in [0.2, 0.25) is 23.5 Å². The number of benzene rings is 2. The number of hydrogen-bond donors (Lipinski definition) is 5. The lowest BCUT2D eigenvalue weighted by molar-refractivity contribution is -0.248. The van der Waals surface area contributed by atoms with Crippen LogP contribution < -0.4 is 4.74 Å². The SMILES string of the molecule is COc1cccc2c1C(=O)c1c(O)c3c(c(O)c1C2=O)C[C@@](O)(C(=O)CO)C[C@@H]3O[C@H]1C[C@H]2[C@H](O[C@@H]3[C@@H](OC)N(C(=O)CCSC4CC(=O)N(CC5CCC(C(=O)O)CC5)C4=O)CCN32)[C@H](C)O1. The van der Waals surface area contributed by atoms with Gasteiger partial charge in [0.05, 0.1) is 47.2 Å². The number of nitrogens with zero attached hydrogens (tertiary/aromatic N) is 3. The predicted molar refractivity (Wildman–Crippen MR) is 235 cm³/mol. The molecule has 4 aliphatic heterocycles. The Kier molecular flexibility index (Phi) is 13.2. The van der Waals surface area contributed by atoms with Gasteiger partial charge in [-0.3, -0.25) is 43.4 Å². The van der Waals surface area contributed by atoms with Crippen LogP contribution in [0.3, 0.4) is 0 Å². The fraction of sp³-hybridized carbons (Fsp3) is 0.596. The van der Waals surface area contributed by atoms with E-state index in [0.29, 0.717) is 32.2 Å². The fourth-order valence-corrected chi connectivity index (χ4v) is 12.5. The van der Waals surface area contributed by atoms with Gasteiger partial charge in [0.25, 0.3) is 0 Å². The topological polar surface area (TPSA) is 277 Å². The summed E-state index contributed by atoms with van der Waals surface area (Å²) in [6.45, 7) is 1.60. The minimum atomic E-state index is -2.32. The third kappa shape index (κ3) is 8.16. The van der Waals surface area contributed by atoms with Crippen LogP contribution in [-0.2, 0) is 49.3 Å². The van der Waals surface area contributed by atoms with E-state index >= 15 is 0 Å². The number of fused-ring (bicyclic) bond motifs is 6. The maximum Gasteiger partial charge on any atom is 0.306 e. The van der Waals surface area contributed by atoms with Crippen molar-refractivity contribution in [2.75, 3.05) is 46.2 Å². The Hall–Kier alpha value is -5.00. The number of amides is 3. The molecule has 2 aromatic carbocycles. The summed E-state index contributed by atoms with van der Waals surface area (Å²) in [5.41, 5.74) is -3.84. The fourth-order valence-electron chi connectivity index (χ4n) is 11.4. The zero-order valence-corrected chi connectivity index (χ0v) is 38.6. The van der Waals surface area contributed by atoms with E-state index in [1.807, 2.05) is 4.90 Å². The van der Waals surface area contributed by atoms with Crippen molar-refractivity contribution < 1.29 is 82.8 Å². The van der Waals surface area contributed by atoms with E-state index in [9.17, 15) is 59.1 Å². The summed E-state index contributed by atoms with van der Waals surface area (Å²) in [7, 11) is 2.79. The first-order valence-corrected chi connectivity index (χ1v) is 24.0. The number of aromatic hydroxyl groups is 2. The number of carboxylic acids is 1. The first kappa shape index (κ1) is 48.0. The van der Waals surface area contributed by atoms with E-state index < -0.39 is 119 Å². The quantitative estimate of drug-likeness (QED) is 0.120. The van der Waals surface area contributed by atoms with E-state index in [1.54, 1.807) is 11.8 Å². The normalized spacial score (nSPS) is 32.3. The maximum absolute atomic E-state index is 14.1. The number of carbonyl (C=O) groups is 7. The van der Waals surface area contributed by atoms with Crippen molar-refractivity contribution in [2.45, 2.75) is 119 Å². The number of phenols is 2. The Morgan fingerprint density at radius 3 is 2.38 bits per heavy atom. The molecule has 5 fully saturated rings. The Morgan fingerprint density at radius 2 is 1.69 bits per heavy atom. The molecule has 1 unspecified atom stereocenters. The molecule has 4 saturated heterocycles. The van der Waals surface area contributed by atoms with Crippen molar-refractivity contribution in [3.8, 4) is 17.2 Å². The predicted octanol–water partition coefficient (Wildman–Crippen LogP) is 1.67. The van der Waals surface area contributed by atoms with Crippen LogP contribution in [0.1, 0.15) is 107 Å². The average molecular weight is 966 g/mol. The molecule has 3 amide bonds. The molecule has 0 bridgehead atoms. The van der Waals surface area contributed by atoms with E-state index in [2.05, 4.69) is 0 Å². The Morgan fingerprint density at radius 1 is 0.956 bits per heavy atom. The molecule has 366 valence electrons. The van der Waals surface area contributed by atoms with E-state index in [-0.39, 0.29) is 95.8 Å². The Balaban J connectivity index is 0.874. The maximum atomic E-state index is 14.1. The molecule has 5 N–H and O–H groups in total. The first-order valence-electron chi connectivity index (χ1n) is 23.0. The third-order valence-electron chi connectivity index (χ3n) is 14.9. The van der Waals surface area contributed by atoms with Gasteiger partial charge in [0.15, 0.2) is 30.3 Å². The highest BCUT2D eigenvalue weighted by atomic mass is 32.2. The standard InChI is InChI=1S/C47H55N3O17S/c1-21-42-26(48-12-13-49(44(64-3)45(48)67-42)31(53)11-14-68-29-16-32(54)50(43(29)59)19-22-7-9-23(10-8-22)46(60)61)15-33(65-21)66-28-18-47(62,30(52)20-51)17-25-35(28)41(58)37-36(39(25)56)38(55)24-5-4-6-27(63-2)34(24)40(37)57/h4-6,21-23,26,28-29,33,42,44-45,51,56,58,62H,7-20H2,1-3H3,(H,60,61)/t21-,22?,23?,26-,28-,29?,33-,42+,44+,45+,47-/m0/s1. The lowest BCUT2D eigenvalue weighted by atomic mass is 9.72. The largest absolute Gasteiger partial charge is 0.507 e. The van der Waals surface area contributed by atoms with Gasteiger partial charge in [-0.15, -0.1) is 11.8 Å². The zero-order valence-electron chi connectivity index (χ0n) is 37.8. The smallest absolute Gasteiger partial charge is 0.306 e. The average Bonchev–Trinajstić information content (AvgIpc) is 3.83. The minimum Gasteiger partial charge on any atom is -0.507 e. The summed E-state index contributed by atoms with van der Waals surface area (Å²) < 4.78 is 30.7. The van der Waals surface area contributed by atoms with Crippen molar-refractivity contribution in [3.05, 3.63) is 51.6 Å². The number of ketones is 3. The van der Waals surface area contributed by atoms with Gasteiger partial charge in [-0.1, -0.05) is 12.1 Å². The van der Waals surface area contributed by atoms with Gasteiger partial charge >= 0.3 is 5.97 Å². The number of thioether (sulfide) groups is 1. The lowest BCUT2D eigenvalue weighted by Gasteiger charge is -2.45. The Labute approximate surface area is 394 Å². The number of Topliss-reactive ketones (excluding diaryl/α,β-unsaturated/α-hetero) is 1.